The molecule has 0 saturated heterocycles. The zero-order valence-corrected chi connectivity index (χ0v) is 19.2. The second-order valence-corrected chi connectivity index (χ2v) is 9.83. The van der Waals surface area contributed by atoms with Crippen LogP contribution in [0.1, 0.15) is 22.0 Å². The molecule has 1 amide bonds. The normalized spacial score (nSPS) is 12.3. The Bertz CT molecular complexity index is 1370. The largest absolute Gasteiger partial charge is 0.497 e. The lowest BCUT2D eigenvalue weighted by molar-refractivity contribution is 0.0916. The Balaban J connectivity index is 1.46. The van der Waals surface area contributed by atoms with E-state index in [0.29, 0.717) is 27.1 Å². The number of aliphatic hydroxyl groups is 1. The number of hydrogen-bond acceptors (Lipinski definition) is 7. The van der Waals surface area contributed by atoms with Crippen LogP contribution in [0.2, 0.25) is 0 Å². The predicted octanol–water partition coefficient (Wildman–Crippen LogP) is 3.57. The maximum atomic E-state index is 12.6. The summed E-state index contributed by atoms with van der Waals surface area (Å²) >= 11 is 1.12. The number of hydrogen-bond donors (Lipinski definition) is 3. The Morgan fingerprint density at radius 2 is 1.82 bits per heavy atom. The van der Waals surface area contributed by atoms with Gasteiger partial charge < -0.3 is 15.2 Å². The van der Waals surface area contributed by atoms with E-state index in [2.05, 4.69) is 15.0 Å². The molecule has 8 nitrogen and oxygen atoms in total. The highest BCUT2D eigenvalue weighted by molar-refractivity contribution is 7.93. The van der Waals surface area contributed by atoms with Gasteiger partial charge in [0.1, 0.15) is 5.75 Å². The van der Waals surface area contributed by atoms with Gasteiger partial charge in [-0.3, -0.25) is 9.52 Å². The number of sulfonamides is 1. The number of amides is 1. The minimum Gasteiger partial charge on any atom is -0.497 e. The van der Waals surface area contributed by atoms with Gasteiger partial charge >= 0.3 is 0 Å². The average Bonchev–Trinajstić information content (AvgIpc) is 3.23. The summed E-state index contributed by atoms with van der Waals surface area (Å²) in [7, 11) is -2.32. The summed E-state index contributed by atoms with van der Waals surface area (Å²) in [5.74, 6) is 0.205. The first-order valence-corrected chi connectivity index (χ1v) is 12.2. The van der Waals surface area contributed by atoms with Gasteiger partial charge in [0.05, 0.1) is 28.3 Å². The summed E-state index contributed by atoms with van der Waals surface area (Å²) < 4.78 is 33.5. The standard InChI is InChI=1S/C23H21N3O5S2/c1-31-17-8-10-18(11-9-17)33(29,30)26-23-25-19-12-7-16(13-21(19)32-23)22(28)24-14-20(27)15-5-3-2-4-6-15/h2-13,20,27H,14H2,1H3,(H,24,28)(H,25,26). The van der Waals surface area contributed by atoms with Gasteiger partial charge in [-0.1, -0.05) is 41.7 Å². The molecule has 0 aliphatic carbocycles. The molecule has 0 aliphatic heterocycles. The second-order valence-electron chi connectivity index (χ2n) is 7.12. The number of carbonyl (C=O) groups is 1. The number of ether oxygens (including phenoxy) is 1. The van der Waals surface area contributed by atoms with Crippen molar-refractivity contribution in [3.8, 4) is 5.75 Å². The molecule has 170 valence electrons. The number of thiazole rings is 1. The minimum atomic E-state index is -3.82. The maximum absolute atomic E-state index is 12.6. The highest BCUT2D eigenvalue weighted by atomic mass is 32.2. The summed E-state index contributed by atoms with van der Waals surface area (Å²) in [6.45, 7) is 0.0660. The van der Waals surface area contributed by atoms with Crippen LogP contribution in [0.15, 0.2) is 77.7 Å². The van der Waals surface area contributed by atoms with Gasteiger partial charge in [0, 0.05) is 12.1 Å². The van der Waals surface area contributed by atoms with Crippen molar-refractivity contribution in [1.29, 1.82) is 0 Å². The molecule has 10 heteroatoms. The Morgan fingerprint density at radius 3 is 2.52 bits per heavy atom. The van der Waals surface area contributed by atoms with E-state index in [0.717, 1.165) is 11.3 Å². The number of aliphatic hydroxyl groups excluding tert-OH is 1. The molecule has 3 N–H and O–H groups in total. The highest BCUT2D eigenvalue weighted by Gasteiger charge is 2.18. The molecule has 0 saturated carbocycles. The topological polar surface area (TPSA) is 118 Å². The lowest BCUT2D eigenvalue weighted by Crippen LogP contribution is -2.28. The Kier molecular flexibility index (Phi) is 6.59. The Hall–Kier alpha value is -3.47. The fraction of sp³-hybridized carbons (Fsp3) is 0.130. The average molecular weight is 484 g/mol. The van der Waals surface area contributed by atoms with Crippen LogP contribution >= 0.6 is 11.3 Å². The third-order valence-corrected chi connectivity index (χ3v) is 7.30. The molecule has 1 aromatic heterocycles. The third-order valence-electron chi connectivity index (χ3n) is 4.88. The quantitative estimate of drug-likeness (QED) is 0.353. The van der Waals surface area contributed by atoms with Gasteiger partial charge in [0.2, 0.25) is 0 Å². The SMILES string of the molecule is COc1ccc(S(=O)(=O)Nc2nc3ccc(C(=O)NCC(O)c4ccccc4)cc3s2)cc1. The van der Waals surface area contributed by atoms with Crippen molar-refractivity contribution >= 4 is 42.6 Å². The van der Waals surface area contributed by atoms with Crippen molar-refractivity contribution in [2.24, 2.45) is 0 Å². The molecular formula is C23H21N3O5S2. The number of methoxy groups -OCH3 is 1. The zero-order valence-electron chi connectivity index (χ0n) is 17.6. The number of nitrogens with zero attached hydrogens (tertiary/aromatic N) is 1. The number of carbonyl (C=O) groups excluding carboxylic acids is 1. The van der Waals surface area contributed by atoms with E-state index >= 15 is 0 Å². The van der Waals surface area contributed by atoms with Crippen molar-refractivity contribution in [2.75, 3.05) is 18.4 Å². The summed E-state index contributed by atoms with van der Waals surface area (Å²) in [6.07, 6.45) is -0.818. The first-order chi connectivity index (χ1) is 15.9. The van der Waals surface area contributed by atoms with Crippen molar-refractivity contribution < 1.29 is 23.1 Å². The second kappa shape index (κ2) is 9.57. The van der Waals surface area contributed by atoms with E-state index in [4.69, 9.17) is 4.74 Å². The van der Waals surface area contributed by atoms with E-state index in [9.17, 15) is 18.3 Å². The van der Waals surface area contributed by atoms with Crippen molar-refractivity contribution in [1.82, 2.24) is 10.3 Å². The first-order valence-electron chi connectivity index (χ1n) is 9.94. The molecule has 0 aliphatic rings. The number of aromatic nitrogens is 1. The molecule has 3 aromatic carbocycles. The van der Waals surface area contributed by atoms with Crippen molar-refractivity contribution in [3.63, 3.8) is 0 Å². The lowest BCUT2D eigenvalue weighted by atomic mass is 10.1. The molecule has 0 spiro atoms. The lowest BCUT2D eigenvalue weighted by Gasteiger charge is -2.12. The number of fused-ring (bicyclic) bond motifs is 1. The smallest absolute Gasteiger partial charge is 0.263 e. The maximum Gasteiger partial charge on any atom is 0.263 e. The monoisotopic (exact) mass is 483 g/mol. The summed E-state index contributed by atoms with van der Waals surface area (Å²) in [4.78, 5) is 16.9. The van der Waals surface area contributed by atoms with E-state index in [1.807, 2.05) is 18.2 Å². The van der Waals surface area contributed by atoms with Crippen LogP contribution in [0.3, 0.4) is 0 Å². The van der Waals surface area contributed by atoms with Crippen LogP contribution in [0.5, 0.6) is 5.75 Å². The van der Waals surface area contributed by atoms with Gasteiger partial charge in [-0.25, -0.2) is 13.4 Å². The molecule has 33 heavy (non-hydrogen) atoms. The Labute approximate surface area is 194 Å². The molecule has 1 atom stereocenters. The van der Waals surface area contributed by atoms with Crippen molar-refractivity contribution in [3.05, 3.63) is 83.9 Å². The predicted molar refractivity (Wildman–Crippen MR) is 127 cm³/mol. The van der Waals surface area contributed by atoms with E-state index in [1.54, 1.807) is 42.5 Å². The van der Waals surface area contributed by atoms with Crippen LogP contribution in [0.25, 0.3) is 10.2 Å². The molecule has 0 fully saturated rings. The molecule has 4 aromatic rings. The van der Waals surface area contributed by atoms with Crippen LogP contribution in [0.4, 0.5) is 5.13 Å². The molecule has 4 rings (SSSR count). The van der Waals surface area contributed by atoms with Crippen LogP contribution in [-0.4, -0.2) is 38.1 Å². The van der Waals surface area contributed by atoms with Gasteiger partial charge in [0.15, 0.2) is 5.13 Å². The van der Waals surface area contributed by atoms with Gasteiger partial charge in [-0.15, -0.1) is 0 Å². The Morgan fingerprint density at radius 1 is 1.09 bits per heavy atom. The molecule has 0 bridgehead atoms. The first kappa shape index (κ1) is 22.7. The minimum absolute atomic E-state index is 0.0660. The molecular weight excluding hydrogens is 462 g/mol. The number of anilines is 1. The molecule has 1 unspecified atom stereocenters. The van der Waals surface area contributed by atoms with Crippen LogP contribution in [0, 0.1) is 0 Å². The summed E-state index contributed by atoms with van der Waals surface area (Å²) in [6, 6.07) is 20.0. The highest BCUT2D eigenvalue weighted by Crippen LogP contribution is 2.29. The number of benzene rings is 3. The number of rotatable bonds is 8. The van der Waals surface area contributed by atoms with E-state index in [-0.39, 0.29) is 22.5 Å². The van der Waals surface area contributed by atoms with Crippen molar-refractivity contribution in [2.45, 2.75) is 11.0 Å². The van der Waals surface area contributed by atoms with Crippen LogP contribution in [-0.2, 0) is 10.0 Å². The zero-order chi connectivity index (χ0) is 23.4. The molecule has 0 radical (unpaired) electrons. The fourth-order valence-electron chi connectivity index (χ4n) is 3.12. The van der Waals surface area contributed by atoms with E-state index < -0.39 is 16.1 Å². The van der Waals surface area contributed by atoms with Gasteiger partial charge in [0.25, 0.3) is 15.9 Å². The van der Waals surface area contributed by atoms with Gasteiger partial charge in [-0.05, 0) is 48.0 Å². The summed E-state index contributed by atoms with van der Waals surface area (Å²) in [5.41, 5.74) is 1.66. The molecule has 1 heterocycles. The van der Waals surface area contributed by atoms with E-state index in [1.165, 1.54) is 19.2 Å². The van der Waals surface area contributed by atoms with Gasteiger partial charge in [-0.2, -0.15) is 0 Å². The van der Waals surface area contributed by atoms with Crippen LogP contribution < -0.4 is 14.8 Å². The summed E-state index contributed by atoms with van der Waals surface area (Å²) in [5, 5.41) is 13.1. The number of nitrogens with one attached hydrogen (secondary N) is 2. The third kappa shape index (κ3) is 5.30. The fourth-order valence-corrected chi connectivity index (χ4v) is 5.26.